The number of hydrogen-bond donors (Lipinski definition) is 1. The Bertz CT molecular complexity index is 218. The molecule has 1 aliphatic carbocycles. The summed E-state index contributed by atoms with van der Waals surface area (Å²) in [7, 11) is 1.93. The zero-order valence-electron chi connectivity index (χ0n) is 10.2. The van der Waals surface area contributed by atoms with E-state index in [1.165, 1.54) is 19.3 Å². The molecule has 1 fully saturated rings. The van der Waals surface area contributed by atoms with Crippen molar-refractivity contribution in [1.82, 2.24) is 4.90 Å². The van der Waals surface area contributed by atoms with Crippen molar-refractivity contribution in [2.75, 3.05) is 13.6 Å². The molecule has 1 aliphatic rings. The number of carbonyl (C=O) groups is 1. The van der Waals surface area contributed by atoms with Gasteiger partial charge < -0.3 is 10.6 Å². The molecule has 1 saturated carbocycles. The third-order valence-corrected chi connectivity index (χ3v) is 3.69. The Balaban J connectivity index is 2.57. The third kappa shape index (κ3) is 2.94. The van der Waals surface area contributed by atoms with E-state index in [4.69, 9.17) is 5.73 Å². The van der Waals surface area contributed by atoms with E-state index >= 15 is 0 Å². The van der Waals surface area contributed by atoms with Gasteiger partial charge in [-0.15, -0.1) is 0 Å². The van der Waals surface area contributed by atoms with Crippen LogP contribution in [-0.2, 0) is 4.79 Å². The first-order chi connectivity index (χ1) is 7.07. The van der Waals surface area contributed by atoms with Crippen LogP contribution in [0, 0.1) is 11.8 Å². The average Bonchev–Trinajstić information content (AvgIpc) is 2.26. The highest BCUT2D eigenvalue weighted by molar-refractivity contribution is 5.78. The molecular weight excluding hydrogens is 188 g/mol. The summed E-state index contributed by atoms with van der Waals surface area (Å²) >= 11 is 0. The second kappa shape index (κ2) is 5.50. The Labute approximate surface area is 93.0 Å². The molecule has 15 heavy (non-hydrogen) atoms. The maximum absolute atomic E-state index is 12.0. The van der Waals surface area contributed by atoms with Gasteiger partial charge in [0.15, 0.2) is 0 Å². The summed E-state index contributed by atoms with van der Waals surface area (Å²) in [6.45, 7) is 4.61. The molecule has 0 bridgehead atoms. The van der Waals surface area contributed by atoms with Crippen LogP contribution in [-0.4, -0.2) is 30.4 Å². The van der Waals surface area contributed by atoms with Crippen molar-refractivity contribution in [1.29, 1.82) is 0 Å². The molecule has 88 valence electrons. The maximum atomic E-state index is 12.0. The number of rotatable bonds is 3. The summed E-state index contributed by atoms with van der Waals surface area (Å²) in [5.74, 6) is 0.804. The fourth-order valence-electron chi connectivity index (χ4n) is 2.48. The Morgan fingerprint density at radius 1 is 1.47 bits per heavy atom. The smallest absolute Gasteiger partial charge is 0.226 e. The van der Waals surface area contributed by atoms with Crippen LogP contribution in [0.3, 0.4) is 0 Å². The van der Waals surface area contributed by atoms with Gasteiger partial charge in [-0.3, -0.25) is 4.79 Å². The summed E-state index contributed by atoms with van der Waals surface area (Å²) in [5, 5.41) is 0. The van der Waals surface area contributed by atoms with Crippen molar-refractivity contribution in [2.45, 2.75) is 45.6 Å². The van der Waals surface area contributed by atoms with Crippen molar-refractivity contribution >= 4 is 5.91 Å². The molecule has 0 spiro atoms. The second-order valence-electron chi connectivity index (χ2n) is 4.91. The molecule has 0 radical (unpaired) electrons. The average molecular weight is 212 g/mol. The van der Waals surface area contributed by atoms with E-state index in [0.717, 1.165) is 6.42 Å². The molecule has 0 aromatic heterocycles. The molecule has 0 aromatic carbocycles. The Morgan fingerprint density at radius 2 is 2.07 bits per heavy atom. The normalized spacial score (nSPS) is 28.5. The molecule has 2 N–H and O–H groups in total. The maximum Gasteiger partial charge on any atom is 0.226 e. The molecule has 0 heterocycles. The van der Waals surface area contributed by atoms with E-state index in [-0.39, 0.29) is 11.8 Å². The van der Waals surface area contributed by atoms with E-state index in [1.54, 1.807) is 0 Å². The molecular formula is C12H24N2O. The van der Waals surface area contributed by atoms with E-state index < -0.39 is 0 Å². The highest BCUT2D eigenvalue weighted by Crippen LogP contribution is 2.27. The minimum Gasteiger partial charge on any atom is -0.342 e. The largest absolute Gasteiger partial charge is 0.342 e. The van der Waals surface area contributed by atoms with Crippen molar-refractivity contribution in [3.63, 3.8) is 0 Å². The topological polar surface area (TPSA) is 46.3 Å². The minimum absolute atomic E-state index is 0.0378. The first-order valence-electron chi connectivity index (χ1n) is 6.04. The molecule has 1 amide bonds. The Morgan fingerprint density at radius 3 is 2.60 bits per heavy atom. The van der Waals surface area contributed by atoms with Crippen molar-refractivity contribution < 1.29 is 4.79 Å². The lowest BCUT2D eigenvalue weighted by molar-refractivity contribution is -0.137. The first kappa shape index (κ1) is 12.5. The lowest BCUT2D eigenvalue weighted by atomic mass is 9.84. The fraction of sp³-hybridized carbons (Fsp3) is 0.917. The van der Waals surface area contributed by atoms with Crippen LogP contribution in [0.4, 0.5) is 0 Å². The summed E-state index contributed by atoms with van der Waals surface area (Å²) < 4.78 is 0. The summed E-state index contributed by atoms with van der Waals surface area (Å²) in [5.41, 5.74) is 5.53. The van der Waals surface area contributed by atoms with Gasteiger partial charge in [0.2, 0.25) is 5.91 Å². The molecule has 3 nitrogen and oxygen atoms in total. The molecule has 1 rings (SSSR count). The lowest BCUT2D eigenvalue weighted by Gasteiger charge is -2.37. The van der Waals surface area contributed by atoms with E-state index in [9.17, 15) is 4.79 Å². The van der Waals surface area contributed by atoms with Gasteiger partial charge in [-0.1, -0.05) is 26.7 Å². The lowest BCUT2D eigenvalue weighted by Crippen LogP contribution is -2.45. The van der Waals surface area contributed by atoms with Crippen LogP contribution in [0.1, 0.15) is 39.5 Å². The number of hydrogen-bond acceptors (Lipinski definition) is 2. The first-order valence-corrected chi connectivity index (χ1v) is 6.04. The molecule has 3 unspecified atom stereocenters. The monoisotopic (exact) mass is 212 g/mol. The molecule has 0 saturated heterocycles. The molecule has 3 atom stereocenters. The Kier molecular flexibility index (Phi) is 4.58. The number of nitrogens with zero attached hydrogens (tertiary/aromatic N) is 1. The van der Waals surface area contributed by atoms with Gasteiger partial charge in [-0.05, 0) is 18.8 Å². The number of carbonyl (C=O) groups excluding carboxylic acids is 1. The standard InChI is InChI=1S/C12H24N2O/c1-9-6-4-5-7-11(9)14(3)12(15)10(2)8-13/h9-11H,4-8,13H2,1-3H3. The van der Waals surface area contributed by atoms with Crippen molar-refractivity contribution in [3.05, 3.63) is 0 Å². The van der Waals surface area contributed by atoms with Crippen LogP contribution >= 0.6 is 0 Å². The zero-order valence-corrected chi connectivity index (χ0v) is 10.2. The molecule has 0 aromatic rings. The summed E-state index contributed by atoms with van der Waals surface area (Å²) in [4.78, 5) is 13.9. The third-order valence-electron chi connectivity index (χ3n) is 3.69. The van der Waals surface area contributed by atoms with Gasteiger partial charge in [0.05, 0.1) is 0 Å². The van der Waals surface area contributed by atoms with Gasteiger partial charge in [0.25, 0.3) is 0 Å². The van der Waals surface area contributed by atoms with E-state index in [2.05, 4.69) is 6.92 Å². The van der Waals surface area contributed by atoms with Crippen LogP contribution in [0.15, 0.2) is 0 Å². The van der Waals surface area contributed by atoms with Gasteiger partial charge >= 0.3 is 0 Å². The van der Waals surface area contributed by atoms with Gasteiger partial charge in [-0.25, -0.2) is 0 Å². The predicted molar refractivity (Wildman–Crippen MR) is 62.4 cm³/mol. The van der Waals surface area contributed by atoms with Gasteiger partial charge in [-0.2, -0.15) is 0 Å². The summed E-state index contributed by atoms with van der Waals surface area (Å²) in [6.07, 6.45) is 4.97. The van der Waals surface area contributed by atoms with Crippen LogP contribution in [0.2, 0.25) is 0 Å². The van der Waals surface area contributed by atoms with Crippen molar-refractivity contribution in [3.8, 4) is 0 Å². The van der Waals surface area contributed by atoms with Crippen LogP contribution < -0.4 is 5.73 Å². The van der Waals surface area contributed by atoms with Crippen molar-refractivity contribution in [2.24, 2.45) is 17.6 Å². The number of nitrogens with two attached hydrogens (primary N) is 1. The number of amides is 1. The molecule has 3 heteroatoms. The Hall–Kier alpha value is -0.570. The fourth-order valence-corrected chi connectivity index (χ4v) is 2.48. The minimum atomic E-state index is -0.0378. The van der Waals surface area contributed by atoms with Crippen LogP contribution in [0.5, 0.6) is 0 Å². The zero-order chi connectivity index (χ0) is 11.4. The van der Waals surface area contributed by atoms with E-state index in [1.807, 2.05) is 18.9 Å². The van der Waals surface area contributed by atoms with Gasteiger partial charge in [0, 0.05) is 25.6 Å². The van der Waals surface area contributed by atoms with Gasteiger partial charge in [0.1, 0.15) is 0 Å². The highest BCUT2D eigenvalue weighted by atomic mass is 16.2. The van der Waals surface area contributed by atoms with E-state index in [0.29, 0.717) is 18.5 Å². The predicted octanol–water partition coefficient (Wildman–Crippen LogP) is 1.62. The highest BCUT2D eigenvalue weighted by Gasteiger charge is 2.29. The molecule has 0 aliphatic heterocycles. The quantitative estimate of drug-likeness (QED) is 0.772. The summed E-state index contributed by atoms with van der Waals surface area (Å²) in [6, 6.07) is 0.431. The van der Waals surface area contributed by atoms with Crippen LogP contribution in [0.25, 0.3) is 0 Å². The SMILES string of the molecule is CC(CN)C(=O)N(C)C1CCCCC1C. The second-order valence-corrected chi connectivity index (χ2v) is 4.91.